The van der Waals surface area contributed by atoms with Gasteiger partial charge in [0, 0.05) is 11.8 Å². The van der Waals surface area contributed by atoms with Crippen LogP contribution in [0.5, 0.6) is 11.5 Å². The van der Waals surface area contributed by atoms with Crippen LogP contribution in [0.4, 0.5) is 24.5 Å². The third-order valence-corrected chi connectivity index (χ3v) is 3.68. The lowest BCUT2D eigenvalue weighted by Crippen LogP contribution is -2.22. The van der Waals surface area contributed by atoms with Crippen molar-refractivity contribution in [1.82, 2.24) is 0 Å². The minimum Gasteiger partial charge on any atom is -0.497 e. The Bertz CT molecular complexity index is 792. The first kappa shape index (κ1) is 19.4. The fourth-order valence-electron chi connectivity index (χ4n) is 2.33. The van der Waals surface area contributed by atoms with Crippen LogP contribution in [0.2, 0.25) is 0 Å². The molecule has 2 aromatic rings. The highest BCUT2D eigenvalue weighted by Gasteiger charge is 2.32. The molecule has 0 saturated carbocycles. The number of anilines is 2. The number of ether oxygens (including phenoxy) is 2. The minimum absolute atomic E-state index is 0.119. The molecule has 0 bridgehead atoms. The summed E-state index contributed by atoms with van der Waals surface area (Å²) in [7, 11) is 2.95. The average Bonchev–Trinajstić information content (AvgIpc) is 2.60. The van der Waals surface area contributed by atoms with Gasteiger partial charge in [-0.3, -0.25) is 4.79 Å². The monoisotopic (exact) mass is 368 g/mol. The Hall–Kier alpha value is -2.90. The van der Waals surface area contributed by atoms with E-state index >= 15 is 0 Å². The number of hydrogen-bond donors (Lipinski definition) is 2. The molecule has 0 heterocycles. The molecule has 0 aliphatic rings. The predicted molar refractivity (Wildman–Crippen MR) is 92.8 cm³/mol. The van der Waals surface area contributed by atoms with E-state index in [-0.39, 0.29) is 17.8 Å². The predicted octanol–water partition coefficient (Wildman–Crippen LogP) is 4.08. The topological polar surface area (TPSA) is 59.6 Å². The second kappa shape index (κ2) is 7.99. The molecule has 0 unspecified atom stereocenters. The molecule has 140 valence electrons. The summed E-state index contributed by atoms with van der Waals surface area (Å²) >= 11 is 0. The molecule has 26 heavy (non-hydrogen) atoms. The van der Waals surface area contributed by atoms with Crippen molar-refractivity contribution in [1.29, 1.82) is 0 Å². The van der Waals surface area contributed by atoms with Gasteiger partial charge in [0.2, 0.25) is 5.91 Å². The van der Waals surface area contributed by atoms with Crippen LogP contribution in [0.15, 0.2) is 36.4 Å². The highest BCUT2D eigenvalue weighted by Crippen LogP contribution is 2.33. The van der Waals surface area contributed by atoms with E-state index in [0.717, 1.165) is 6.07 Å². The second-order valence-electron chi connectivity index (χ2n) is 5.50. The van der Waals surface area contributed by atoms with Crippen molar-refractivity contribution in [2.45, 2.75) is 13.1 Å². The molecule has 0 aromatic heterocycles. The van der Waals surface area contributed by atoms with Crippen LogP contribution < -0.4 is 20.1 Å². The number of carbonyl (C=O) groups excluding carboxylic acids is 1. The second-order valence-corrected chi connectivity index (χ2v) is 5.50. The molecule has 8 heteroatoms. The molecule has 0 saturated heterocycles. The van der Waals surface area contributed by atoms with E-state index in [2.05, 4.69) is 10.6 Å². The van der Waals surface area contributed by atoms with Crippen LogP contribution >= 0.6 is 0 Å². The SMILES string of the molecule is COc1ccc(OC)c(NC(=O)CNc2ccc(C)c(C(F)(F)F)c2)c1. The maximum absolute atomic E-state index is 12.9. The van der Waals surface area contributed by atoms with Gasteiger partial charge in [-0.25, -0.2) is 0 Å². The molecule has 0 aliphatic heterocycles. The molecule has 0 aliphatic carbocycles. The van der Waals surface area contributed by atoms with Gasteiger partial charge >= 0.3 is 6.18 Å². The third-order valence-electron chi connectivity index (χ3n) is 3.68. The smallest absolute Gasteiger partial charge is 0.416 e. The maximum Gasteiger partial charge on any atom is 0.416 e. The van der Waals surface area contributed by atoms with Crippen LogP contribution in [0.3, 0.4) is 0 Å². The highest BCUT2D eigenvalue weighted by atomic mass is 19.4. The molecule has 0 radical (unpaired) electrons. The molecule has 0 fully saturated rings. The van der Waals surface area contributed by atoms with E-state index in [1.165, 1.54) is 33.3 Å². The number of amides is 1. The first-order chi connectivity index (χ1) is 12.2. The third kappa shape index (κ3) is 4.81. The standard InChI is InChI=1S/C18H19F3N2O3/c1-11-4-5-12(8-14(11)18(19,20)21)22-10-17(24)23-15-9-13(25-2)6-7-16(15)26-3/h4-9,22H,10H2,1-3H3,(H,23,24). The average molecular weight is 368 g/mol. The summed E-state index contributed by atoms with van der Waals surface area (Å²) in [6.45, 7) is 1.18. The molecule has 5 nitrogen and oxygen atoms in total. The Balaban J connectivity index is 2.06. The van der Waals surface area contributed by atoms with Gasteiger partial charge in [0.15, 0.2) is 0 Å². The molecule has 2 rings (SSSR count). The van der Waals surface area contributed by atoms with Gasteiger partial charge in [-0.15, -0.1) is 0 Å². The number of methoxy groups -OCH3 is 2. The minimum atomic E-state index is -4.45. The first-order valence-corrected chi connectivity index (χ1v) is 7.68. The summed E-state index contributed by atoms with van der Waals surface area (Å²) in [5.74, 6) is 0.530. The van der Waals surface area contributed by atoms with E-state index in [4.69, 9.17) is 9.47 Å². The summed E-state index contributed by atoms with van der Waals surface area (Å²) in [6.07, 6.45) is -4.45. The van der Waals surface area contributed by atoms with E-state index < -0.39 is 17.6 Å². The van der Waals surface area contributed by atoms with Crippen molar-refractivity contribution in [3.8, 4) is 11.5 Å². The van der Waals surface area contributed by atoms with Gasteiger partial charge in [-0.05, 0) is 36.8 Å². The van der Waals surface area contributed by atoms with Crippen LogP contribution in [-0.4, -0.2) is 26.7 Å². The Morgan fingerprint density at radius 3 is 2.42 bits per heavy atom. The number of halogens is 3. The Kier molecular flexibility index (Phi) is 5.97. The zero-order chi connectivity index (χ0) is 19.3. The van der Waals surface area contributed by atoms with Crippen LogP contribution in [-0.2, 0) is 11.0 Å². The van der Waals surface area contributed by atoms with Gasteiger partial charge in [0.05, 0.1) is 32.0 Å². The number of rotatable bonds is 6. The Labute approximate surface area is 149 Å². The normalized spacial score (nSPS) is 11.0. The number of hydrogen-bond acceptors (Lipinski definition) is 4. The number of nitrogens with one attached hydrogen (secondary N) is 2. The Morgan fingerprint density at radius 1 is 1.08 bits per heavy atom. The van der Waals surface area contributed by atoms with E-state index in [1.54, 1.807) is 18.2 Å². The number of carbonyl (C=O) groups is 1. The number of benzene rings is 2. The molecular weight excluding hydrogens is 349 g/mol. The van der Waals surface area contributed by atoms with E-state index in [1.807, 2.05) is 0 Å². The van der Waals surface area contributed by atoms with Gasteiger partial charge in [0.25, 0.3) is 0 Å². The summed E-state index contributed by atoms with van der Waals surface area (Å²) in [5.41, 5.74) is -0.0137. The lowest BCUT2D eigenvalue weighted by molar-refractivity contribution is -0.138. The Morgan fingerprint density at radius 2 is 1.81 bits per heavy atom. The summed E-state index contributed by atoms with van der Waals surface area (Å²) in [6, 6.07) is 8.73. The molecular formula is C18H19F3N2O3. The summed E-state index contributed by atoms with van der Waals surface area (Å²) < 4.78 is 49.1. The van der Waals surface area contributed by atoms with Gasteiger partial charge in [-0.1, -0.05) is 6.07 Å². The van der Waals surface area contributed by atoms with Crippen LogP contribution in [0.25, 0.3) is 0 Å². The molecule has 1 amide bonds. The lowest BCUT2D eigenvalue weighted by Gasteiger charge is -2.14. The highest BCUT2D eigenvalue weighted by molar-refractivity contribution is 5.95. The van der Waals surface area contributed by atoms with Crippen molar-refractivity contribution in [3.63, 3.8) is 0 Å². The summed E-state index contributed by atoms with van der Waals surface area (Å²) in [4.78, 5) is 12.1. The van der Waals surface area contributed by atoms with E-state index in [0.29, 0.717) is 17.2 Å². The lowest BCUT2D eigenvalue weighted by atomic mass is 10.1. The molecule has 0 spiro atoms. The van der Waals surface area contributed by atoms with Crippen molar-refractivity contribution < 1.29 is 27.4 Å². The van der Waals surface area contributed by atoms with Gasteiger partial charge in [0.1, 0.15) is 11.5 Å². The fourth-order valence-corrected chi connectivity index (χ4v) is 2.33. The number of aryl methyl sites for hydroxylation is 1. The van der Waals surface area contributed by atoms with Gasteiger partial charge in [-0.2, -0.15) is 13.2 Å². The largest absolute Gasteiger partial charge is 0.497 e. The van der Waals surface area contributed by atoms with Crippen molar-refractivity contribution in [2.24, 2.45) is 0 Å². The first-order valence-electron chi connectivity index (χ1n) is 7.68. The number of alkyl halides is 3. The van der Waals surface area contributed by atoms with Gasteiger partial charge < -0.3 is 20.1 Å². The van der Waals surface area contributed by atoms with Crippen LogP contribution in [0, 0.1) is 6.92 Å². The van der Waals surface area contributed by atoms with Crippen molar-refractivity contribution >= 4 is 17.3 Å². The zero-order valence-electron chi connectivity index (χ0n) is 14.5. The van der Waals surface area contributed by atoms with E-state index in [9.17, 15) is 18.0 Å². The van der Waals surface area contributed by atoms with Crippen molar-refractivity contribution in [3.05, 3.63) is 47.5 Å². The molecule has 2 N–H and O–H groups in total. The molecule has 0 atom stereocenters. The van der Waals surface area contributed by atoms with Crippen molar-refractivity contribution in [2.75, 3.05) is 31.4 Å². The molecule has 2 aromatic carbocycles. The zero-order valence-corrected chi connectivity index (χ0v) is 14.5. The fraction of sp³-hybridized carbons (Fsp3) is 0.278. The maximum atomic E-state index is 12.9. The quantitative estimate of drug-likeness (QED) is 0.807. The van der Waals surface area contributed by atoms with Crippen LogP contribution in [0.1, 0.15) is 11.1 Å². The summed E-state index contributed by atoms with van der Waals surface area (Å²) in [5, 5.41) is 5.32.